The fraction of sp³-hybridized carbons (Fsp3) is 0.222. The van der Waals surface area contributed by atoms with E-state index in [4.69, 9.17) is 0 Å². The van der Waals surface area contributed by atoms with E-state index in [1.165, 1.54) is 6.92 Å². The summed E-state index contributed by atoms with van der Waals surface area (Å²) < 4.78 is 0. The van der Waals surface area contributed by atoms with Crippen molar-refractivity contribution >= 4 is 23.2 Å². The molecule has 114 valence electrons. The summed E-state index contributed by atoms with van der Waals surface area (Å²) in [5.41, 5.74) is 2.58. The second kappa shape index (κ2) is 7.41. The summed E-state index contributed by atoms with van der Waals surface area (Å²) in [6, 6.07) is 17.0. The van der Waals surface area contributed by atoms with Crippen LogP contribution in [0.3, 0.4) is 0 Å². The zero-order chi connectivity index (χ0) is 15.9. The number of benzene rings is 2. The molecular formula is C18H20N2O2. The Morgan fingerprint density at radius 3 is 2.00 bits per heavy atom. The van der Waals surface area contributed by atoms with Gasteiger partial charge in [-0.25, -0.2) is 0 Å². The summed E-state index contributed by atoms with van der Waals surface area (Å²) in [7, 11) is 0. The van der Waals surface area contributed by atoms with Crippen LogP contribution in [0.25, 0.3) is 0 Å². The molecule has 2 aromatic carbocycles. The minimum absolute atomic E-state index is 0.0244. The predicted molar refractivity (Wildman–Crippen MR) is 88.8 cm³/mol. The Balaban J connectivity index is 1.90. The molecule has 2 aromatic rings. The van der Waals surface area contributed by atoms with Gasteiger partial charge in [-0.2, -0.15) is 0 Å². The first-order chi connectivity index (χ1) is 10.5. The highest BCUT2D eigenvalue weighted by atomic mass is 16.2. The van der Waals surface area contributed by atoms with Crippen LogP contribution in [0.5, 0.6) is 0 Å². The Bertz CT molecular complexity index is 636. The van der Waals surface area contributed by atoms with Crippen LogP contribution in [0, 0.1) is 0 Å². The third-order valence-electron chi connectivity index (χ3n) is 3.35. The molecular weight excluding hydrogens is 276 g/mol. The lowest BCUT2D eigenvalue weighted by Crippen LogP contribution is -2.14. The summed E-state index contributed by atoms with van der Waals surface area (Å²) in [4.78, 5) is 23.0. The van der Waals surface area contributed by atoms with Gasteiger partial charge in [-0.15, -0.1) is 0 Å². The third-order valence-corrected chi connectivity index (χ3v) is 3.35. The molecule has 2 amide bonds. The first kappa shape index (κ1) is 15.8. The summed E-state index contributed by atoms with van der Waals surface area (Å²) in [6.45, 7) is 3.50. The largest absolute Gasteiger partial charge is 0.326 e. The van der Waals surface area contributed by atoms with Gasteiger partial charge < -0.3 is 10.6 Å². The molecule has 0 heterocycles. The second-order valence-electron chi connectivity index (χ2n) is 5.32. The summed E-state index contributed by atoms with van der Waals surface area (Å²) in [5, 5.41) is 5.56. The Morgan fingerprint density at radius 1 is 0.909 bits per heavy atom. The molecule has 0 fully saturated rings. The summed E-state index contributed by atoms with van der Waals surface area (Å²) in [6.07, 6.45) is 0.428. The van der Waals surface area contributed by atoms with E-state index in [2.05, 4.69) is 10.6 Å². The topological polar surface area (TPSA) is 58.2 Å². The van der Waals surface area contributed by atoms with Crippen LogP contribution >= 0.6 is 0 Å². The highest BCUT2D eigenvalue weighted by Crippen LogP contribution is 2.20. The molecule has 0 aromatic heterocycles. The van der Waals surface area contributed by atoms with Gasteiger partial charge in [0.05, 0.1) is 0 Å². The van der Waals surface area contributed by atoms with Gasteiger partial charge in [0.25, 0.3) is 0 Å². The number of rotatable bonds is 5. The highest BCUT2D eigenvalue weighted by Gasteiger charge is 2.11. The van der Waals surface area contributed by atoms with E-state index < -0.39 is 0 Å². The van der Waals surface area contributed by atoms with Crippen LogP contribution in [0.15, 0.2) is 54.6 Å². The molecule has 4 heteroatoms. The number of hydrogen-bond donors (Lipinski definition) is 2. The number of anilines is 2. The molecule has 0 radical (unpaired) electrons. The monoisotopic (exact) mass is 296 g/mol. The van der Waals surface area contributed by atoms with E-state index in [-0.39, 0.29) is 17.7 Å². The number of carbonyl (C=O) groups excluding carboxylic acids is 2. The fourth-order valence-electron chi connectivity index (χ4n) is 2.23. The average molecular weight is 296 g/mol. The number of hydrogen-bond acceptors (Lipinski definition) is 2. The average Bonchev–Trinajstić information content (AvgIpc) is 2.49. The Morgan fingerprint density at radius 2 is 1.45 bits per heavy atom. The minimum atomic E-state index is -0.117. The lowest BCUT2D eigenvalue weighted by Gasteiger charge is -2.12. The van der Waals surface area contributed by atoms with Crippen LogP contribution in [0.1, 0.15) is 31.7 Å². The Labute approximate surface area is 130 Å². The van der Waals surface area contributed by atoms with Crippen LogP contribution in [-0.2, 0) is 9.59 Å². The van der Waals surface area contributed by atoms with Gasteiger partial charge in [0.15, 0.2) is 0 Å². The van der Waals surface area contributed by atoms with Crippen molar-refractivity contribution in [1.82, 2.24) is 0 Å². The van der Waals surface area contributed by atoms with Crippen LogP contribution in [-0.4, -0.2) is 11.8 Å². The summed E-state index contributed by atoms with van der Waals surface area (Å²) >= 11 is 0. The summed E-state index contributed by atoms with van der Waals surface area (Å²) in [5.74, 6) is 0.0250. The van der Waals surface area contributed by atoms with E-state index in [1.807, 2.05) is 37.3 Å². The molecule has 0 bridgehead atoms. The Hall–Kier alpha value is -2.62. The first-order valence-electron chi connectivity index (χ1n) is 7.27. The molecule has 0 aliphatic heterocycles. The van der Waals surface area contributed by atoms with Crippen LogP contribution in [0.4, 0.5) is 11.4 Å². The molecule has 0 spiro atoms. The molecule has 0 unspecified atom stereocenters. The van der Waals surface area contributed by atoms with Crippen molar-refractivity contribution in [3.63, 3.8) is 0 Å². The van der Waals surface area contributed by atoms with E-state index in [9.17, 15) is 9.59 Å². The fourth-order valence-corrected chi connectivity index (χ4v) is 2.23. The molecule has 1 atom stereocenters. The van der Waals surface area contributed by atoms with E-state index in [0.717, 1.165) is 11.3 Å². The predicted octanol–water partition coefficient (Wildman–Crippen LogP) is 3.78. The maximum absolute atomic E-state index is 12.1. The first-order valence-corrected chi connectivity index (χ1v) is 7.27. The van der Waals surface area contributed by atoms with Crippen molar-refractivity contribution in [1.29, 1.82) is 0 Å². The van der Waals surface area contributed by atoms with Gasteiger partial charge in [-0.1, -0.05) is 37.3 Å². The molecule has 0 aliphatic rings. The van der Waals surface area contributed by atoms with Crippen LogP contribution < -0.4 is 10.6 Å². The quantitative estimate of drug-likeness (QED) is 0.882. The molecule has 0 saturated heterocycles. The van der Waals surface area contributed by atoms with Crippen molar-refractivity contribution in [2.45, 2.75) is 26.2 Å². The van der Waals surface area contributed by atoms with Gasteiger partial charge in [0, 0.05) is 24.7 Å². The molecule has 2 N–H and O–H groups in total. The van der Waals surface area contributed by atoms with Crippen molar-refractivity contribution in [3.05, 3.63) is 60.2 Å². The SMILES string of the molecule is CC(=O)Nc1ccc(NC(=O)C[C@@H](C)c2ccccc2)cc1. The lowest BCUT2D eigenvalue weighted by atomic mass is 9.97. The van der Waals surface area contributed by atoms with Gasteiger partial charge >= 0.3 is 0 Å². The molecule has 0 aliphatic carbocycles. The van der Waals surface area contributed by atoms with Crippen molar-refractivity contribution < 1.29 is 9.59 Å². The highest BCUT2D eigenvalue weighted by molar-refractivity contribution is 5.92. The molecule has 4 nitrogen and oxygen atoms in total. The van der Waals surface area contributed by atoms with Crippen molar-refractivity contribution in [3.8, 4) is 0 Å². The lowest BCUT2D eigenvalue weighted by molar-refractivity contribution is -0.116. The van der Waals surface area contributed by atoms with E-state index in [0.29, 0.717) is 12.1 Å². The van der Waals surface area contributed by atoms with Gasteiger partial charge in [-0.3, -0.25) is 9.59 Å². The maximum atomic E-state index is 12.1. The van der Waals surface area contributed by atoms with Gasteiger partial charge in [0.1, 0.15) is 0 Å². The van der Waals surface area contributed by atoms with Gasteiger partial charge in [-0.05, 0) is 35.7 Å². The molecule has 0 saturated carbocycles. The normalized spacial score (nSPS) is 11.5. The zero-order valence-electron chi connectivity index (χ0n) is 12.8. The van der Waals surface area contributed by atoms with Gasteiger partial charge in [0.2, 0.25) is 11.8 Å². The molecule has 2 rings (SSSR count). The number of nitrogens with one attached hydrogen (secondary N) is 2. The second-order valence-corrected chi connectivity index (χ2v) is 5.32. The smallest absolute Gasteiger partial charge is 0.224 e. The Kier molecular flexibility index (Phi) is 5.31. The zero-order valence-corrected chi connectivity index (χ0v) is 12.8. The van der Waals surface area contributed by atoms with Crippen molar-refractivity contribution in [2.75, 3.05) is 10.6 Å². The standard InChI is InChI=1S/C18H20N2O2/c1-13(15-6-4-3-5-7-15)12-18(22)20-17-10-8-16(9-11-17)19-14(2)21/h3-11,13H,12H2,1-2H3,(H,19,21)(H,20,22)/t13-/m1/s1. The van der Waals surface area contributed by atoms with E-state index >= 15 is 0 Å². The van der Waals surface area contributed by atoms with E-state index in [1.54, 1.807) is 24.3 Å². The van der Waals surface area contributed by atoms with Crippen LogP contribution in [0.2, 0.25) is 0 Å². The minimum Gasteiger partial charge on any atom is -0.326 e. The number of amides is 2. The van der Waals surface area contributed by atoms with Crippen molar-refractivity contribution in [2.24, 2.45) is 0 Å². The third kappa shape index (κ3) is 4.74. The molecule has 22 heavy (non-hydrogen) atoms. The number of carbonyl (C=O) groups is 2. The maximum Gasteiger partial charge on any atom is 0.224 e.